The van der Waals surface area contributed by atoms with Gasteiger partial charge in [0.25, 0.3) is 17.7 Å². The van der Waals surface area contributed by atoms with Crippen LogP contribution in [0.15, 0.2) is 18.2 Å². The van der Waals surface area contributed by atoms with E-state index in [1.807, 2.05) is 0 Å². The lowest BCUT2D eigenvalue weighted by Crippen LogP contribution is -2.41. The molecule has 0 unspecified atom stereocenters. The number of ether oxygens (including phenoxy) is 3. The number of carbonyl (C=O) groups is 6. The molecule has 1 aromatic carbocycles. The predicted molar refractivity (Wildman–Crippen MR) is 266 cm³/mol. The van der Waals surface area contributed by atoms with Crippen molar-refractivity contribution < 1.29 is 43.0 Å². The van der Waals surface area contributed by atoms with Crippen LogP contribution in [0.25, 0.3) is 0 Å². The lowest BCUT2D eigenvalue weighted by atomic mass is 10.0. The van der Waals surface area contributed by atoms with Gasteiger partial charge in [-0.2, -0.15) is 0 Å². The van der Waals surface area contributed by atoms with E-state index in [1.165, 1.54) is 155 Å². The molecule has 0 aliphatic carbocycles. The zero-order valence-electron chi connectivity index (χ0n) is 42.5. The van der Waals surface area contributed by atoms with Crippen molar-refractivity contribution in [2.24, 2.45) is 0 Å². The summed E-state index contributed by atoms with van der Waals surface area (Å²) >= 11 is 0. The maximum atomic E-state index is 13.6. The number of nitrogens with one attached hydrogen (secondary N) is 3. The van der Waals surface area contributed by atoms with Crippen LogP contribution in [0.2, 0.25) is 0 Å². The third kappa shape index (κ3) is 30.4. The molecule has 0 aliphatic rings. The SMILES string of the molecule is CCCCCCCCCCCCOC(=O)[C@@H](C)NC(=O)c1cc(C(=O)N[C@H](C)C(=O)OCCCCCCCCCCCC)cc(C(=O)N[C@H](C)C(=O)OCCCCCCCCCCCC)c1. The summed E-state index contributed by atoms with van der Waals surface area (Å²) in [6, 6.07) is 0.836. The van der Waals surface area contributed by atoms with Gasteiger partial charge in [-0.15, -0.1) is 0 Å². The van der Waals surface area contributed by atoms with Gasteiger partial charge in [-0.1, -0.05) is 194 Å². The minimum absolute atomic E-state index is 0.0745. The molecular weight excluding hydrogens is 835 g/mol. The van der Waals surface area contributed by atoms with E-state index in [1.54, 1.807) is 0 Å². The van der Waals surface area contributed by atoms with Crippen LogP contribution in [-0.4, -0.2) is 73.6 Å². The summed E-state index contributed by atoms with van der Waals surface area (Å²) in [7, 11) is 0. The van der Waals surface area contributed by atoms with E-state index in [9.17, 15) is 28.8 Å². The Morgan fingerprint density at radius 3 is 0.712 bits per heavy atom. The monoisotopic (exact) mass is 928 g/mol. The van der Waals surface area contributed by atoms with Crippen molar-refractivity contribution in [1.82, 2.24) is 16.0 Å². The highest BCUT2D eigenvalue weighted by molar-refractivity contribution is 6.06. The van der Waals surface area contributed by atoms with E-state index in [4.69, 9.17) is 14.2 Å². The fraction of sp³-hybridized carbons (Fsp3) is 0.778. The first-order valence-electron chi connectivity index (χ1n) is 26.5. The maximum Gasteiger partial charge on any atom is 0.328 e. The summed E-state index contributed by atoms with van der Waals surface area (Å²) < 4.78 is 16.3. The summed E-state index contributed by atoms with van der Waals surface area (Å²) in [6.45, 7) is 11.9. The molecule has 0 radical (unpaired) electrons. The van der Waals surface area contributed by atoms with Crippen LogP contribution in [0.5, 0.6) is 0 Å². The number of hydrogen-bond donors (Lipinski definition) is 3. The van der Waals surface area contributed by atoms with E-state index >= 15 is 0 Å². The molecule has 1 aromatic rings. The largest absolute Gasteiger partial charge is 0.464 e. The van der Waals surface area contributed by atoms with Crippen LogP contribution in [0.4, 0.5) is 0 Å². The number of esters is 3. The van der Waals surface area contributed by atoms with Crippen LogP contribution in [0.3, 0.4) is 0 Å². The average Bonchev–Trinajstić information content (AvgIpc) is 3.31. The standard InChI is InChI=1S/C54H93N3O9/c1-7-10-13-16-19-22-25-28-31-34-37-64-52(61)43(4)55-49(58)46-40-47(50(59)56-44(5)53(62)65-38-35-32-29-26-23-20-17-14-11-8-2)42-48(41-46)51(60)57-45(6)54(63)66-39-36-33-30-27-24-21-18-15-12-9-3/h40-45H,7-39H2,1-6H3,(H,55,58)(H,56,59)(H,57,60)/t43-,44-,45-/m1/s1. The molecule has 0 aromatic heterocycles. The minimum Gasteiger partial charge on any atom is -0.464 e. The quantitative estimate of drug-likeness (QED) is 0.0328. The summed E-state index contributed by atoms with van der Waals surface area (Å²) in [6.07, 6.45) is 34.5. The zero-order valence-corrected chi connectivity index (χ0v) is 42.5. The van der Waals surface area contributed by atoms with Crippen LogP contribution in [0, 0.1) is 0 Å². The Morgan fingerprint density at radius 2 is 0.515 bits per heavy atom. The Labute approximate surface area is 400 Å². The third-order valence-corrected chi connectivity index (χ3v) is 12.0. The Morgan fingerprint density at radius 1 is 0.333 bits per heavy atom. The second-order valence-corrected chi connectivity index (χ2v) is 18.4. The average molecular weight is 928 g/mol. The highest BCUT2D eigenvalue weighted by Crippen LogP contribution is 2.16. The maximum absolute atomic E-state index is 13.6. The predicted octanol–water partition coefficient (Wildman–Crippen LogP) is 12.4. The van der Waals surface area contributed by atoms with Gasteiger partial charge in [-0.05, 0) is 58.2 Å². The van der Waals surface area contributed by atoms with Gasteiger partial charge in [0.15, 0.2) is 0 Å². The number of rotatable bonds is 42. The van der Waals surface area contributed by atoms with Crippen LogP contribution in [0.1, 0.15) is 265 Å². The van der Waals surface area contributed by atoms with Gasteiger partial charge < -0.3 is 30.2 Å². The molecule has 3 amide bonds. The lowest BCUT2D eigenvalue weighted by Gasteiger charge is -2.17. The number of unbranched alkanes of at least 4 members (excludes halogenated alkanes) is 27. The van der Waals surface area contributed by atoms with E-state index in [2.05, 4.69) is 36.7 Å². The molecule has 1 rings (SSSR count). The lowest BCUT2D eigenvalue weighted by molar-refractivity contribution is -0.146. The van der Waals surface area contributed by atoms with Gasteiger partial charge >= 0.3 is 17.9 Å². The molecule has 0 saturated heterocycles. The summed E-state index contributed by atoms with van der Waals surface area (Å²) in [5.41, 5.74) is -0.224. The topological polar surface area (TPSA) is 166 Å². The highest BCUT2D eigenvalue weighted by Gasteiger charge is 2.25. The molecule has 3 N–H and O–H groups in total. The summed E-state index contributed by atoms with van der Waals surface area (Å²) in [5.74, 6) is -3.93. The Balaban J connectivity index is 2.84. The second kappa shape index (κ2) is 40.1. The molecule has 0 bridgehead atoms. The minimum atomic E-state index is -1.01. The molecule has 0 saturated carbocycles. The number of carbonyl (C=O) groups excluding carboxylic acids is 6. The molecule has 66 heavy (non-hydrogen) atoms. The Kier molecular flexibility index (Phi) is 36.5. The van der Waals surface area contributed by atoms with E-state index in [0.717, 1.165) is 77.0 Å². The van der Waals surface area contributed by atoms with Gasteiger partial charge in [0.05, 0.1) is 19.8 Å². The van der Waals surface area contributed by atoms with Gasteiger partial charge in [-0.25, -0.2) is 14.4 Å². The third-order valence-electron chi connectivity index (χ3n) is 12.0. The first-order chi connectivity index (χ1) is 31.9. The Hall–Kier alpha value is -3.96. The van der Waals surface area contributed by atoms with E-state index < -0.39 is 53.8 Å². The van der Waals surface area contributed by atoms with Crippen molar-refractivity contribution in [1.29, 1.82) is 0 Å². The number of amides is 3. The first-order valence-corrected chi connectivity index (χ1v) is 26.5. The molecule has 0 fully saturated rings. The van der Waals surface area contributed by atoms with Gasteiger partial charge in [-0.3, -0.25) is 14.4 Å². The van der Waals surface area contributed by atoms with Crippen LogP contribution >= 0.6 is 0 Å². The molecule has 0 heterocycles. The van der Waals surface area contributed by atoms with Crippen LogP contribution < -0.4 is 16.0 Å². The van der Waals surface area contributed by atoms with Crippen LogP contribution in [-0.2, 0) is 28.6 Å². The van der Waals surface area contributed by atoms with Gasteiger partial charge in [0.2, 0.25) is 0 Å². The fourth-order valence-corrected chi connectivity index (χ4v) is 7.70. The number of benzene rings is 1. The number of hydrogen-bond acceptors (Lipinski definition) is 9. The molecule has 12 nitrogen and oxygen atoms in total. The first kappa shape index (κ1) is 60.1. The van der Waals surface area contributed by atoms with E-state index in [0.29, 0.717) is 0 Å². The molecular formula is C54H93N3O9. The fourth-order valence-electron chi connectivity index (χ4n) is 7.70. The van der Waals surface area contributed by atoms with E-state index in [-0.39, 0.29) is 36.5 Å². The summed E-state index contributed by atoms with van der Waals surface area (Å²) in [5, 5.41) is 7.86. The Bertz CT molecular complexity index is 1300. The van der Waals surface area contributed by atoms with Crippen molar-refractivity contribution in [2.75, 3.05) is 19.8 Å². The van der Waals surface area contributed by atoms with Gasteiger partial charge in [0.1, 0.15) is 18.1 Å². The molecule has 12 heteroatoms. The highest BCUT2D eigenvalue weighted by atomic mass is 16.5. The van der Waals surface area contributed by atoms with Crippen molar-refractivity contribution in [2.45, 2.75) is 252 Å². The molecule has 0 spiro atoms. The van der Waals surface area contributed by atoms with Crippen molar-refractivity contribution in [3.05, 3.63) is 34.9 Å². The normalized spacial score (nSPS) is 12.5. The van der Waals surface area contributed by atoms with Crippen molar-refractivity contribution in [3.63, 3.8) is 0 Å². The zero-order chi connectivity index (χ0) is 48.6. The van der Waals surface area contributed by atoms with Crippen molar-refractivity contribution in [3.8, 4) is 0 Å². The second-order valence-electron chi connectivity index (χ2n) is 18.4. The molecule has 3 atom stereocenters. The van der Waals surface area contributed by atoms with Crippen molar-refractivity contribution >= 4 is 35.6 Å². The van der Waals surface area contributed by atoms with Gasteiger partial charge in [0, 0.05) is 16.7 Å². The summed E-state index contributed by atoms with van der Waals surface area (Å²) in [4.78, 5) is 79.2. The smallest absolute Gasteiger partial charge is 0.328 e. The molecule has 0 aliphatic heterocycles. The molecule has 378 valence electrons.